The van der Waals surface area contributed by atoms with E-state index in [0.29, 0.717) is 5.95 Å². The van der Waals surface area contributed by atoms with Crippen LogP contribution < -0.4 is 0 Å². The summed E-state index contributed by atoms with van der Waals surface area (Å²) in [5, 5.41) is 8.52. The standard InChI is InChI=1S/C38H21N3S2/c1-2-12-23-22(10-1)11-9-16-25(23)33-27-14-3-6-17-30(27)39-38(40-33)41-31-18-7-4-13-24(31)26-20-21-29-35(34(26)41)43-36-28-15-5-8-19-32(28)42-37(29)36/h1-21H. The molecule has 10 aromatic rings. The minimum atomic E-state index is 0.696. The van der Waals surface area contributed by atoms with Crippen LogP contribution in [0.5, 0.6) is 0 Å². The van der Waals surface area contributed by atoms with Gasteiger partial charge in [-0.15, -0.1) is 22.7 Å². The molecule has 0 amide bonds. The number of benzene rings is 6. The molecule has 0 unspecified atom stereocenters. The van der Waals surface area contributed by atoms with Crippen molar-refractivity contribution in [2.45, 2.75) is 0 Å². The molecule has 0 aliphatic carbocycles. The van der Waals surface area contributed by atoms with Crippen LogP contribution in [0.2, 0.25) is 0 Å². The Bertz CT molecular complexity index is 2740. The molecule has 4 heterocycles. The van der Waals surface area contributed by atoms with Crippen molar-refractivity contribution in [1.82, 2.24) is 14.5 Å². The quantitative estimate of drug-likeness (QED) is 0.203. The minimum Gasteiger partial charge on any atom is -0.276 e. The van der Waals surface area contributed by atoms with Gasteiger partial charge < -0.3 is 0 Å². The van der Waals surface area contributed by atoms with Crippen LogP contribution >= 0.6 is 22.7 Å². The van der Waals surface area contributed by atoms with Crippen LogP contribution in [0.1, 0.15) is 0 Å². The van der Waals surface area contributed by atoms with Crippen LogP contribution in [0.25, 0.3) is 90.3 Å². The highest BCUT2D eigenvalue weighted by Crippen LogP contribution is 2.48. The summed E-state index contributed by atoms with van der Waals surface area (Å²) in [5.41, 5.74) is 5.30. The molecule has 0 N–H and O–H groups in total. The molecule has 6 aromatic carbocycles. The van der Waals surface area contributed by atoms with E-state index < -0.39 is 0 Å². The first-order valence-electron chi connectivity index (χ1n) is 14.3. The number of hydrogen-bond donors (Lipinski definition) is 0. The highest BCUT2D eigenvalue weighted by molar-refractivity contribution is 7.37. The van der Waals surface area contributed by atoms with Crippen LogP contribution in [-0.4, -0.2) is 14.5 Å². The van der Waals surface area contributed by atoms with Gasteiger partial charge in [-0.05, 0) is 29.0 Å². The first kappa shape index (κ1) is 23.5. The summed E-state index contributed by atoms with van der Waals surface area (Å²) in [6, 6.07) is 45.4. The van der Waals surface area contributed by atoms with Gasteiger partial charge in [0, 0.05) is 37.2 Å². The van der Waals surface area contributed by atoms with Gasteiger partial charge in [0.1, 0.15) is 0 Å². The summed E-state index contributed by atoms with van der Waals surface area (Å²) in [6.07, 6.45) is 0. The monoisotopic (exact) mass is 583 g/mol. The van der Waals surface area contributed by atoms with E-state index in [-0.39, 0.29) is 0 Å². The molecule has 4 aromatic heterocycles. The van der Waals surface area contributed by atoms with Crippen molar-refractivity contribution < 1.29 is 0 Å². The summed E-state index contributed by atoms with van der Waals surface area (Å²) >= 11 is 3.78. The van der Waals surface area contributed by atoms with Gasteiger partial charge in [0.25, 0.3) is 0 Å². The molecule has 0 saturated heterocycles. The zero-order valence-corrected chi connectivity index (χ0v) is 24.4. The Balaban J connectivity index is 1.37. The number of hydrogen-bond acceptors (Lipinski definition) is 4. The lowest BCUT2D eigenvalue weighted by Crippen LogP contribution is -2.03. The van der Waals surface area contributed by atoms with Gasteiger partial charge in [-0.25, -0.2) is 9.97 Å². The topological polar surface area (TPSA) is 30.7 Å². The van der Waals surface area contributed by atoms with Crippen LogP contribution in [0.3, 0.4) is 0 Å². The molecule has 3 nitrogen and oxygen atoms in total. The predicted molar refractivity (Wildman–Crippen MR) is 185 cm³/mol. The lowest BCUT2D eigenvalue weighted by atomic mass is 9.99. The fraction of sp³-hybridized carbons (Fsp3) is 0. The maximum Gasteiger partial charge on any atom is 0.235 e. The first-order valence-corrected chi connectivity index (χ1v) is 16.0. The molecule has 0 aliphatic heterocycles. The maximum atomic E-state index is 5.42. The molecule has 0 saturated carbocycles. The Hall–Kier alpha value is -5.10. The molecule has 0 radical (unpaired) electrons. The van der Waals surface area contributed by atoms with Crippen molar-refractivity contribution in [1.29, 1.82) is 0 Å². The molecule has 0 atom stereocenters. The first-order chi connectivity index (χ1) is 21.3. The highest BCUT2D eigenvalue weighted by atomic mass is 32.1. The van der Waals surface area contributed by atoms with Crippen molar-refractivity contribution in [3.63, 3.8) is 0 Å². The minimum absolute atomic E-state index is 0.696. The molecule has 0 aliphatic rings. The lowest BCUT2D eigenvalue weighted by Gasteiger charge is -2.13. The fourth-order valence-corrected chi connectivity index (χ4v) is 9.50. The Morgan fingerprint density at radius 3 is 2.09 bits per heavy atom. The van der Waals surface area contributed by atoms with E-state index >= 15 is 0 Å². The zero-order valence-electron chi connectivity index (χ0n) is 22.8. The number of aromatic nitrogens is 3. The average molecular weight is 584 g/mol. The molecule has 5 heteroatoms. The fourth-order valence-electron chi connectivity index (χ4n) is 6.72. The van der Waals surface area contributed by atoms with Crippen molar-refractivity contribution in [3.8, 4) is 17.2 Å². The van der Waals surface area contributed by atoms with E-state index in [0.717, 1.165) is 27.7 Å². The van der Waals surface area contributed by atoms with E-state index in [4.69, 9.17) is 9.97 Å². The molecular weight excluding hydrogens is 563 g/mol. The van der Waals surface area contributed by atoms with Crippen LogP contribution in [0.15, 0.2) is 127 Å². The summed E-state index contributed by atoms with van der Waals surface area (Å²) in [6.45, 7) is 0. The molecule has 0 fully saturated rings. The van der Waals surface area contributed by atoms with Gasteiger partial charge in [-0.2, -0.15) is 0 Å². The number of thiophene rings is 2. The normalized spacial score (nSPS) is 12.2. The average Bonchev–Trinajstić information content (AvgIpc) is 3.72. The largest absolute Gasteiger partial charge is 0.276 e. The van der Waals surface area contributed by atoms with Crippen LogP contribution in [0.4, 0.5) is 0 Å². The van der Waals surface area contributed by atoms with Crippen molar-refractivity contribution >= 4 is 95.7 Å². The Labute approximate surface area is 253 Å². The van der Waals surface area contributed by atoms with E-state index in [1.54, 1.807) is 0 Å². The number of fused-ring (bicyclic) bond motifs is 11. The van der Waals surface area contributed by atoms with Gasteiger partial charge in [-0.1, -0.05) is 109 Å². The van der Waals surface area contributed by atoms with Crippen LogP contribution in [-0.2, 0) is 0 Å². The Morgan fingerprint density at radius 2 is 1.16 bits per heavy atom. The number of para-hydroxylation sites is 2. The molecule has 200 valence electrons. The Kier molecular flexibility index (Phi) is 4.75. The number of rotatable bonds is 2. The zero-order chi connectivity index (χ0) is 28.1. The van der Waals surface area contributed by atoms with Gasteiger partial charge >= 0.3 is 0 Å². The summed E-state index contributed by atoms with van der Waals surface area (Å²) in [7, 11) is 0. The summed E-state index contributed by atoms with van der Waals surface area (Å²) in [4.78, 5) is 10.7. The predicted octanol–water partition coefficient (Wildman–Crippen LogP) is 11.1. The van der Waals surface area contributed by atoms with E-state index in [2.05, 4.69) is 132 Å². The van der Waals surface area contributed by atoms with Gasteiger partial charge in [-0.3, -0.25) is 4.57 Å². The van der Waals surface area contributed by atoms with Crippen molar-refractivity contribution in [2.75, 3.05) is 0 Å². The molecule has 43 heavy (non-hydrogen) atoms. The van der Waals surface area contributed by atoms with Gasteiger partial charge in [0.15, 0.2) is 0 Å². The third kappa shape index (κ3) is 3.23. The van der Waals surface area contributed by atoms with E-state index in [1.807, 2.05) is 22.7 Å². The Morgan fingerprint density at radius 1 is 0.465 bits per heavy atom. The number of nitrogens with zero attached hydrogens (tertiary/aromatic N) is 3. The lowest BCUT2D eigenvalue weighted by molar-refractivity contribution is 1.02. The van der Waals surface area contributed by atoms with Crippen LogP contribution in [0, 0.1) is 0 Å². The maximum absolute atomic E-state index is 5.42. The highest BCUT2D eigenvalue weighted by Gasteiger charge is 2.22. The SMILES string of the molecule is c1ccc2c(-c3nc(-n4c5ccccc5c5ccc6c7sc8ccccc8c7sc6c54)nc4ccccc34)cccc2c1. The van der Waals surface area contributed by atoms with Gasteiger partial charge in [0.05, 0.1) is 36.3 Å². The summed E-state index contributed by atoms with van der Waals surface area (Å²) in [5.74, 6) is 0.696. The second-order valence-corrected chi connectivity index (χ2v) is 13.0. The molecular formula is C38H21N3S2. The van der Waals surface area contributed by atoms with Crippen molar-refractivity contribution in [2.24, 2.45) is 0 Å². The molecule has 0 bridgehead atoms. The van der Waals surface area contributed by atoms with Gasteiger partial charge in [0.2, 0.25) is 5.95 Å². The molecule has 10 rings (SSSR count). The third-order valence-electron chi connectivity index (χ3n) is 8.63. The molecule has 0 spiro atoms. The smallest absolute Gasteiger partial charge is 0.235 e. The summed E-state index contributed by atoms with van der Waals surface area (Å²) < 4.78 is 7.63. The van der Waals surface area contributed by atoms with Crippen molar-refractivity contribution in [3.05, 3.63) is 127 Å². The third-order valence-corrected chi connectivity index (χ3v) is 11.2. The second kappa shape index (κ2) is 8.71. The van der Waals surface area contributed by atoms with E-state index in [1.165, 1.54) is 56.6 Å². The van der Waals surface area contributed by atoms with E-state index in [9.17, 15) is 0 Å². The second-order valence-electron chi connectivity index (χ2n) is 11.0.